The molecule has 5 heteroatoms. The molecular weight excluding hydrogens is 180 g/mol. The van der Waals surface area contributed by atoms with E-state index in [9.17, 15) is 0 Å². The normalized spacial score (nSPS) is 10.4. The van der Waals surface area contributed by atoms with Crippen molar-refractivity contribution in [3.63, 3.8) is 0 Å². The van der Waals surface area contributed by atoms with E-state index < -0.39 is 0 Å². The van der Waals surface area contributed by atoms with E-state index in [1.807, 2.05) is 19.3 Å². The second-order valence-corrected chi connectivity index (χ2v) is 2.95. The highest BCUT2D eigenvalue weighted by atomic mass is 16.3. The molecule has 0 aliphatic heterocycles. The quantitative estimate of drug-likeness (QED) is 0.743. The Hall–Kier alpha value is -1.75. The van der Waals surface area contributed by atoms with Gasteiger partial charge in [-0.25, -0.2) is 9.97 Å². The zero-order valence-electron chi connectivity index (χ0n) is 7.75. The molecule has 14 heavy (non-hydrogen) atoms. The second kappa shape index (κ2) is 3.55. The average Bonchev–Trinajstić information content (AvgIpc) is 2.65. The minimum Gasteiger partial charge on any atom is -0.392 e. The molecule has 2 aromatic rings. The van der Waals surface area contributed by atoms with E-state index >= 15 is 0 Å². The van der Waals surface area contributed by atoms with Gasteiger partial charge >= 0.3 is 0 Å². The lowest BCUT2D eigenvalue weighted by atomic mass is 10.3. The molecular formula is C9H10N4O. The molecule has 0 amide bonds. The number of aryl methyl sites for hydroxylation is 1. The minimum absolute atomic E-state index is 0.0392. The van der Waals surface area contributed by atoms with E-state index in [1.54, 1.807) is 17.1 Å². The van der Waals surface area contributed by atoms with Crippen molar-refractivity contribution in [1.82, 2.24) is 19.7 Å². The van der Waals surface area contributed by atoms with Gasteiger partial charge in [0.05, 0.1) is 6.61 Å². The highest BCUT2D eigenvalue weighted by Crippen LogP contribution is 2.10. The van der Waals surface area contributed by atoms with Gasteiger partial charge in [0.1, 0.15) is 5.69 Å². The SMILES string of the molecule is Cn1ccc(-c2ncc(CO)cn2)n1. The molecule has 0 radical (unpaired) electrons. The number of aliphatic hydroxyl groups excluding tert-OH is 1. The number of aromatic nitrogens is 4. The average molecular weight is 190 g/mol. The van der Waals surface area contributed by atoms with Crippen molar-refractivity contribution in [3.8, 4) is 11.5 Å². The van der Waals surface area contributed by atoms with Crippen LogP contribution in [0.2, 0.25) is 0 Å². The number of aliphatic hydroxyl groups is 1. The summed E-state index contributed by atoms with van der Waals surface area (Å²) in [6.07, 6.45) is 5.02. The molecule has 0 unspecified atom stereocenters. The third-order valence-corrected chi connectivity index (χ3v) is 1.83. The summed E-state index contributed by atoms with van der Waals surface area (Å²) in [7, 11) is 1.84. The first kappa shape index (κ1) is 8.83. The van der Waals surface area contributed by atoms with Gasteiger partial charge in [-0.3, -0.25) is 4.68 Å². The van der Waals surface area contributed by atoms with E-state index in [0.717, 1.165) is 5.69 Å². The molecule has 0 spiro atoms. The number of hydrogen-bond donors (Lipinski definition) is 1. The van der Waals surface area contributed by atoms with Crippen LogP contribution in [0.25, 0.3) is 11.5 Å². The van der Waals surface area contributed by atoms with Crippen LogP contribution in [-0.4, -0.2) is 24.9 Å². The van der Waals surface area contributed by atoms with Crippen LogP contribution in [0.1, 0.15) is 5.56 Å². The van der Waals surface area contributed by atoms with Crippen LogP contribution in [0.3, 0.4) is 0 Å². The molecule has 1 N–H and O–H groups in total. The monoisotopic (exact) mass is 190 g/mol. The van der Waals surface area contributed by atoms with Gasteiger partial charge in [0.15, 0.2) is 5.82 Å². The second-order valence-electron chi connectivity index (χ2n) is 2.95. The van der Waals surface area contributed by atoms with Crippen LogP contribution in [0, 0.1) is 0 Å². The zero-order chi connectivity index (χ0) is 9.97. The van der Waals surface area contributed by atoms with Crippen molar-refractivity contribution < 1.29 is 5.11 Å². The van der Waals surface area contributed by atoms with Gasteiger partial charge in [-0.05, 0) is 6.07 Å². The van der Waals surface area contributed by atoms with E-state index in [-0.39, 0.29) is 6.61 Å². The van der Waals surface area contributed by atoms with Crippen LogP contribution in [0.15, 0.2) is 24.7 Å². The summed E-state index contributed by atoms with van der Waals surface area (Å²) in [6, 6.07) is 1.84. The maximum absolute atomic E-state index is 8.80. The first-order valence-corrected chi connectivity index (χ1v) is 4.21. The van der Waals surface area contributed by atoms with Crippen LogP contribution in [0.5, 0.6) is 0 Å². The lowest BCUT2D eigenvalue weighted by Crippen LogP contribution is -1.94. The Labute approximate surface area is 81.1 Å². The smallest absolute Gasteiger partial charge is 0.180 e. The minimum atomic E-state index is -0.0392. The molecule has 0 atom stereocenters. The summed E-state index contributed by atoms with van der Waals surface area (Å²) in [5.41, 5.74) is 1.43. The number of hydrogen-bond acceptors (Lipinski definition) is 4. The lowest BCUT2D eigenvalue weighted by molar-refractivity contribution is 0.281. The van der Waals surface area contributed by atoms with Gasteiger partial charge in [0, 0.05) is 31.2 Å². The van der Waals surface area contributed by atoms with Crippen LogP contribution in [-0.2, 0) is 13.7 Å². The molecule has 0 aliphatic carbocycles. The van der Waals surface area contributed by atoms with E-state index in [0.29, 0.717) is 11.4 Å². The highest BCUT2D eigenvalue weighted by molar-refractivity contribution is 5.47. The van der Waals surface area contributed by atoms with Gasteiger partial charge in [0.25, 0.3) is 0 Å². The van der Waals surface area contributed by atoms with Crippen molar-refractivity contribution in [2.75, 3.05) is 0 Å². The van der Waals surface area contributed by atoms with Gasteiger partial charge in [-0.15, -0.1) is 0 Å². The fraction of sp³-hybridized carbons (Fsp3) is 0.222. The molecule has 0 saturated carbocycles. The first-order valence-electron chi connectivity index (χ1n) is 4.21. The van der Waals surface area contributed by atoms with Gasteiger partial charge in [-0.2, -0.15) is 5.10 Å². The molecule has 0 aromatic carbocycles. The molecule has 2 aromatic heterocycles. The Morgan fingerprint density at radius 2 is 2.07 bits per heavy atom. The molecule has 0 saturated heterocycles. The molecule has 2 heterocycles. The fourth-order valence-corrected chi connectivity index (χ4v) is 1.10. The van der Waals surface area contributed by atoms with E-state index in [1.165, 1.54) is 0 Å². The summed E-state index contributed by atoms with van der Waals surface area (Å²) in [6.45, 7) is -0.0392. The van der Waals surface area contributed by atoms with Crippen molar-refractivity contribution in [1.29, 1.82) is 0 Å². The maximum atomic E-state index is 8.80. The Kier molecular flexibility index (Phi) is 2.24. The summed E-state index contributed by atoms with van der Waals surface area (Å²) in [5.74, 6) is 0.572. The summed E-state index contributed by atoms with van der Waals surface area (Å²) in [5, 5.41) is 13.0. The lowest BCUT2D eigenvalue weighted by Gasteiger charge is -1.96. The van der Waals surface area contributed by atoms with E-state index in [4.69, 9.17) is 5.11 Å². The van der Waals surface area contributed by atoms with E-state index in [2.05, 4.69) is 15.1 Å². The molecule has 0 aliphatic rings. The first-order chi connectivity index (χ1) is 6.79. The molecule has 2 rings (SSSR count). The fourth-order valence-electron chi connectivity index (χ4n) is 1.10. The third kappa shape index (κ3) is 1.62. The van der Waals surface area contributed by atoms with Crippen LogP contribution >= 0.6 is 0 Å². The summed E-state index contributed by atoms with van der Waals surface area (Å²) < 4.78 is 1.69. The summed E-state index contributed by atoms with van der Waals surface area (Å²) >= 11 is 0. The van der Waals surface area contributed by atoms with Crippen molar-refractivity contribution in [3.05, 3.63) is 30.2 Å². The molecule has 72 valence electrons. The highest BCUT2D eigenvalue weighted by Gasteiger charge is 2.03. The predicted octanol–water partition coefficient (Wildman–Crippen LogP) is 0.369. The standard InChI is InChI=1S/C9H10N4O/c1-13-3-2-8(12-13)9-10-4-7(6-14)5-11-9/h2-5,14H,6H2,1H3. The Morgan fingerprint density at radius 3 is 2.57 bits per heavy atom. The van der Waals surface area contributed by atoms with Gasteiger partial charge in [0.2, 0.25) is 0 Å². The van der Waals surface area contributed by atoms with Crippen molar-refractivity contribution in [2.45, 2.75) is 6.61 Å². The van der Waals surface area contributed by atoms with Crippen molar-refractivity contribution >= 4 is 0 Å². The van der Waals surface area contributed by atoms with Crippen molar-refractivity contribution in [2.24, 2.45) is 7.05 Å². The third-order valence-electron chi connectivity index (χ3n) is 1.83. The molecule has 0 fully saturated rings. The van der Waals surface area contributed by atoms with Gasteiger partial charge in [-0.1, -0.05) is 0 Å². The topological polar surface area (TPSA) is 63.8 Å². The Morgan fingerprint density at radius 1 is 1.36 bits per heavy atom. The number of rotatable bonds is 2. The molecule has 5 nitrogen and oxygen atoms in total. The van der Waals surface area contributed by atoms with Crippen LogP contribution in [0.4, 0.5) is 0 Å². The predicted molar refractivity (Wildman–Crippen MR) is 50.2 cm³/mol. The Bertz CT molecular complexity index is 421. The van der Waals surface area contributed by atoms with Crippen LogP contribution < -0.4 is 0 Å². The largest absolute Gasteiger partial charge is 0.392 e. The number of nitrogens with zero attached hydrogens (tertiary/aromatic N) is 4. The summed E-state index contributed by atoms with van der Waals surface area (Å²) in [4.78, 5) is 8.17. The zero-order valence-corrected chi connectivity index (χ0v) is 7.75. The molecule has 0 bridgehead atoms. The maximum Gasteiger partial charge on any atom is 0.180 e. The Balaban J connectivity index is 2.33. The van der Waals surface area contributed by atoms with Gasteiger partial charge < -0.3 is 5.11 Å².